The van der Waals surface area contributed by atoms with Crippen molar-refractivity contribution in [2.45, 2.75) is 36.8 Å². The molecule has 18 heavy (non-hydrogen) atoms. The second-order valence-electron chi connectivity index (χ2n) is 4.80. The molecule has 1 aromatic rings. The van der Waals surface area contributed by atoms with Gasteiger partial charge < -0.3 is 15.5 Å². The molecule has 3 atom stereocenters. The fraction of sp³-hybridized carbons (Fsp3) is 0.571. The Kier molecular flexibility index (Phi) is 5.50. The van der Waals surface area contributed by atoms with Crippen LogP contribution in [0.5, 0.6) is 0 Å². The van der Waals surface area contributed by atoms with Crippen LogP contribution in [-0.4, -0.2) is 40.8 Å². The van der Waals surface area contributed by atoms with Crippen LogP contribution in [0.1, 0.15) is 18.4 Å². The lowest BCUT2D eigenvalue weighted by atomic mass is 9.98. The second-order valence-corrected chi connectivity index (χ2v) is 5.90. The topological polar surface area (TPSA) is 52.5 Å². The highest BCUT2D eigenvalue weighted by Crippen LogP contribution is 2.17. The van der Waals surface area contributed by atoms with Gasteiger partial charge in [0.1, 0.15) is 0 Å². The van der Waals surface area contributed by atoms with Crippen molar-refractivity contribution in [2.24, 2.45) is 0 Å². The van der Waals surface area contributed by atoms with Crippen LogP contribution in [0.15, 0.2) is 30.3 Å². The van der Waals surface area contributed by atoms with Gasteiger partial charge in [-0.1, -0.05) is 30.3 Å². The van der Waals surface area contributed by atoms with Crippen molar-refractivity contribution in [3.05, 3.63) is 35.9 Å². The van der Waals surface area contributed by atoms with E-state index in [0.29, 0.717) is 13.0 Å². The Balaban J connectivity index is 1.64. The van der Waals surface area contributed by atoms with Gasteiger partial charge in [-0.25, -0.2) is 0 Å². The summed E-state index contributed by atoms with van der Waals surface area (Å²) in [6, 6.07) is 10.6. The van der Waals surface area contributed by atoms with E-state index in [4.69, 9.17) is 0 Å². The van der Waals surface area contributed by atoms with Gasteiger partial charge in [-0.15, -0.1) is 0 Å². The standard InChI is InChI=1S/C14H21NO2S/c16-12-8-14(17)13(15-9-12)6-7-18-10-11-4-2-1-3-5-11/h1-5,12-17H,6-10H2. The third kappa shape index (κ3) is 4.28. The largest absolute Gasteiger partial charge is 0.392 e. The molecule has 1 aromatic carbocycles. The molecule has 1 heterocycles. The van der Waals surface area contributed by atoms with Crippen molar-refractivity contribution in [1.82, 2.24) is 5.32 Å². The lowest BCUT2D eigenvalue weighted by Crippen LogP contribution is -2.50. The van der Waals surface area contributed by atoms with Gasteiger partial charge in [0, 0.05) is 24.8 Å². The maximum Gasteiger partial charge on any atom is 0.0718 e. The molecule has 1 aliphatic heterocycles. The van der Waals surface area contributed by atoms with Crippen molar-refractivity contribution in [3.63, 3.8) is 0 Å². The summed E-state index contributed by atoms with van der Waals surface area (Å²) in [7, 11) is 0. The van der Waals surface area contributed by atoms with Crippen LogP contribution >= 0.6 is 11.8 Å². The molecule has 100 valence electrons. The Hall–Kier alpha value is -0.550. The van der Waals surface area contributed by atoms with Crippen molar-refractivity contribution >= 4 is 11.8 Å². The van der Waals surface area contributed by atoms with Gasteiger partial charge in [0.25, 0.3) is 0 Å². The first-order valence-electron chi connectivity index (χ1n) is 6.47. The minimum Gasteiger partial charge on any atom is -0.392 e. The zero-order valence-corrected chi connectivity index (χ0v) is 11.3. The number of piperidine rings is 1. The van der Waals surface area contributed by atoms with Crippen molar-refractivity contribution in [3.8, 4) is 0 Å². The summed E-state index contributed by atoms with van der Waals surface area (Å²) in [4.78, 5) is 0. The van der Waals surface area contributed by atoms with E-state index in [2.05, 4.69) is 29.6 Å². The predicted octanol–water partition coefficient (Wildman–Crippen LogP) is 1.39. The molecule has 1 aliphatic rings. The normalized spacial score (nSPS) is 28.2. The van der Waals surface area contributed by atoms with Gasteiger partial charge in [0.05, 0.1) is 12.2 Å². The number of aliphatic hydroxyl groups excluding tert-OH is 2. The lowest BCUT2D eigenvalue weighted by molar-refractivity contribution is 0.0223. The molecule has 4 heteroatoms. The van der Waals surface area contributed by atoms with E-state index >= 15 is 0 Å². The average molecular weight is 267 g/mol. The maximum absolute atomic E-state index is 9.82. The van der Waals surface area contributed by atoms with Gasteiger partial charge in [-0.3, -0.25) is 0 Å². The first-order chi connectivity index (χ1) is 8.75. The highest BCUT2D eigenvalue weighted by atomic mass is 32.2. The monoisotopic (exact) mass is 267 g/mol. The fourth-order valence-electron chi connectivity index (χ4n) is 2.22. The second kappa shape index (κ2) is 7.14. The van der Waals surface area contributed by atoms with Crippen molar-refractivity contribution in [1.29, 1.82) is 0 Å². The number of hydrogen-bond acceptors (Lipinski definition) is 4. The van der Waals surface area contributed by atoms with E-state index in [9.17, 15) is 10.2 Å². The van der Waals surface area contributed by atoms with Crippen LogP contribution in [0.25, 0.3) is 0 Å². The zero-order chi connectivity index (χ0) is 12.8. The fourth-order valence-corrected chi connectivity index (χ4v) is 3.21. The smallest absolute Gasteiger partial charge is 0.0718 e. The van der Waals surface area contributed by atoms with Crippen LogP contribution < -0.4 is 5.32 Å². The third-order valence-corrected chi connectivity index (χ3v) is 4.34. The predicted molar refractivity (Wildman–Crippen MR) is 75.6 cm³/mol. The molecule has 1 saturated heterocycles. The van der Waals surface area contributed by atoms with Crippen LogP contribution in [0.3, 0.4) is 0 Å². The van der Waals surface area contributed by atoms with Gasteiger partial charge in [0.2, 0.25) is 0 Å². The molecule has 3 N–H and O–H groups in total. The summed E-state index contributed by atoms with van der Waals surface area (Å²) >= 11 is 1.89. The molecule has 0 amide bonds. The zero-order valence-electron chi connectivity index (χ0n) is 10.5. The van der Waals surface area contributed by atoms with E-state index in [1.165, 1.54) is 5.56 Å². The number of aliphatic hydroxyl groups is 2. The van der Waals surface area contributed by atoms with Crippen LogP contribution in [0, 0.1) is 0 Å². The first kappa shape index (κ1) is 13.9. The minimum atomic E-state index is -0.411. The Morgan fingerprint density at radius 2 is 2.00 bits per heavy atom. The van der Waals surface area contributed by atoms with Gasteiger partial charge in [0.15, 0.2) is 0 Å². The summed E-state index contributed by atoms with van der Waals surface area (Å²) in [5, 5.41) is 22.4. The van der Waals surface area contributed by atoms with E-state index in [1.54, 1.807) is 0 Å². The number of thioether (sulfide) groups is 1. The van der Waals surface area contributed by atoms with Gasteiger partial charge in [-0.2, -0.15) is 11.8 Å². The number of nitrogens with one attached hydrogen (secondary N) is 1. The van der Waals surface area contributed by atoms with Crippen LogP contribution in [0.4, 0.5) is 0 Å². The van der Waals surface area contributed by atoms with Crippen molar-refractivity contribution in [2.75, 3.05) is 12.3 Å². The minimum absolute atomic E-state index is 0.136. The molecular formula is C14H21NO2S. The summed E-state index contributed by atoms with van der Waals surface area (Å²) in [5.41, 5.74) is 1.34. The van der Waals surface area contributed by atoms with Gasteiger partial charge in [-0.05, 0) is 17.7 Å². The number of rotatable bonds is 5. The van der Waals surface area contributed by atoms with Crippen molar-refractivity contribution < 1.29 is 10.2 Å². The molecule has 0 aromatic heterocycles. The lowest BCUT2D eigenvalue weighted by Gasteiger charge is -2.31. The molecule has 1 fully saturated rings. The van der Waals surface area contributed by atoms with E-state index < -0.39 is 12.2 Å². The number of benzene rings is 1. The highest BCUT2D eigenvalue weighted by molar-refractivity contribution is 7.98. The maximum atomic E-state index is 9.82. The summed E-state index contributed by atoms with van der Waals surface area (Å²) in [6.07, 6.45) is 0.645. The van der Waals surface area contributed by atoms with Crippen LogP contribution in [-0.2, 0) is 5.75 Å². The SMILES string of the molecule is OC1CNC(CCSCc2ccccc2)C(O)C1. The Bertz CT molecular complexity index is 347. The molecule has 0 saturated carbocycles. The molecule has 0 radical (unpaired) electrons. The van der Waals surface area contributed by atoms with Gasteiger partial charge >= 0.3 is 0 Å². The molecule has 0 aliphatic carbocycles. The summed E-state index contributed by atoms with van der Waals surface area (Å²) < 4.78 is 0. The van der Waals surface area contributed by atoms with E-state index in [0.717, 1.165) is 17.9 Å². The Labute approximate surface area is 113 Å². The number of β-amino-alcohol motifs (C(OH)–C–C–N with tert-alkyl or cyclic N) is 1. The summed E-state index contributed by atoms with van der Waals surface area (Å²) in [6.45, 7) is 0.602. The highest BCUT2D eigenvalue weighted by Gasteiger charge is 2.26. The van der Waals surface area contributed by atoms with E-state index in [1.807, 2.05) is 17.8 Å². The number of hydrogen-bond donors (Lipinski definition) is 3. The summed E-state index contributed by atoms with van der Waals surface area (Å²) in [5.74, 6) is 2.05. The molecule has 0 spiro atoms. The molecule has 0 bridgehead atoms. The first-order valence-corrected chi connectivity index (χ1v) is 7.62. The Morgan fingerprint density at radius 1 is 1.22 bits per heavy atom. The van der Waals surface area contributed by atoms with E-state index in [-0.39, 0.29) is 6.04 Å². The molecular weight excluding hydrogens is 246 g/mol. The van der Waals surface area contributed by atoms with Crippen LogP contribution in [0.2, 0.25) is 0 Å². The average Bonchev–Trinajstić information content (AvgIpc) is 2.38. The Morgan fingerprint density at radius 3 is 2.72 bits per heavy atom. The molecule has 3 unspecified atom stereocenters. The molecule has 3 nitrogen and oxygen atoms in total. The quantitative estimate of drug-likeness (QED) is 0.706. The molecule has 2 rings (SSSR count). The third-order valence-electron chi connectivity index (χ3n) is 3.28.